The fourth-order valence-electron chi connectivity index (χ4n) is 6.21. The molecule has 0 spiro atoms. The second kappa shape index (κ2) is 9.25. The van der Waals surface area contributed by atoms with E-state index in [4.69, 9.17) is 4.84 Å². The van der Waals surface area contributed by atoms with Crippen LogP contribution >= 0.6 is 15.9 Å². The van der Waals surface area contributed by atoms with Crippen molar-refractivity contribution in [2.24, 2.45) is 16.5 Å². The zero-order valence-electron chi connectivity index (χ0n) is 20.0. The molecular formula is C28H34BrNO3. The number of carbonyl (C=O) groups is 1. The van der Waals surface area contributed by atoms with Gasteiger partial charge in [-0.1, -0.05) is 66.5 Å². The quantitative estimate of drug-likeness (QED) is 0.329. The van der Waals surface area contributed by atoms with E-state index in [1.165, 1.54) is 16.7 Å². The molecule has 0 aromatic heterocycles. The highest BCUT2D eigenvalue weighted by molar-refractivity contribution is 9.10. The Hall–Kier alpha value is -2.14. The van der Waals surface area contributed by atoms with Crippen LogP contribution in [0.15, 0.2) is 46.0 Å². The lowest BCUT2D eigenvalue weighted by Crippen LogP contribution is -2.52. The van der Waals surface area contributed by atoms with Crippen molar-refractivity contribution in [3.05, 3.63) is 68.7 Å². The lowest BCUT2D eigenvalue weighted by molar-refractivity contribution is -0.157. The zero-order chi connectivity index (χ0) is 23.8. The molecule has 1 fully saturated rings. The molecule has 176 valence electrons. The van der Waals surface area contributed by atoms with Crippen LogP contribution in [0.25, 0.3) is 0 Å². The number of rotatable bonds is 6. The van der Waals surface area contributed by atoms with E-state index in [-0.39, 0.29) is 11.3 Å². The lowest BCUT2D eigenvalue weighted by Gasteiger charge is -2.53. The van der Waals surface area contributed by atoms with Crippen molar-refractivity contribution in [1.82, 2.24) is 0 Å². The van der Waals surface area contributed by atoms with Gasteiger partial charge in [0.15, 0.2) is 0 Å². The number of fused-ring (bicyclic) bond motifs is 3. The lowest BCUT2D eigenvalue weighted by atomic mass is 9.49. The third kappa shape index (κ3) is 4.49. The average molecular weight is 512 g/mol. The van der Waals surface area contributed by atoms with Crippen LogP contribution in [-0.2, 0) is 28.1 Å². The Balaban J connectivity index is 1.65. The maximum absolute atomic E-state index is 12.3. The van der Waals surface area contributed by atoms with Crippen molar-refractivity contribution in [2.45, 2.75) is 77.7 Å². The molecule has 3 atom stereocenters. The molecule has 2 aromatic rings. The predicted octanol–water partition coefficient (Wildman–Crippen LogP) is 7.22. The van der Waals surface area contributed by atoms with Gasteiger partial charge in [-0.3, -0.25) is 4.79 Å². The van der Waals surface area contributed by atoms with E-state index in [0.29, 0.717) is 12.5 Å². The fraction of sp³-hybridized carbons (Fsp3) is 0.500. The summed E-state index contributed by atoms with van der Waals surface area (Å²) in [5.74, 6) is -0.139. The van der Waals surface area contributed by atoms with Crippen LogP contribution < -0.4 is 0 Å². The van der Waals surface area contributed by atoms with Gasteiger partial charge in [-0.2, -0.15) is 0 Å². The van der Waals surface area contributed by atoms with Gasteiger partial charge in [-0.05, 0) is 95.9 Å². The van der Waals surface area contributed by atoms with Gasteiger partial charge in [-0.15, -0.1) is 0 Å². The van der Waals surface area contributed by atoms with E-state index in [0.717, 1.165) is 47.7 Å². The van der Waals surface area contributed by atoms with Crippen LogP contribution in [-0.4, -0.2) is 17.3 Å². The highest BCUT2D eigenvalue weighted by atomic mass is 79.9. The molecule has 33 heavy (non-hydrogen) atoms. The van der Waals surface area contributed by atoms with Gasteiger partial charge in [0, 0.05) is 4.47 Å². The standard InChI is InChI=1S/C28H34BrNO3/c1-18(2)23-14-20-8-11-25-27(3,12-5-13-28(25,4)26(31)32)24(20)15-21(23)16-30-33-17-19-6-9-22(29)10-7-19/h6-7,9-10,14-16,18,25H,5,8,11-13,17H2,1-4H3,(H,31,32)/b30-16+/t25?,27-,28-/m1/s1. The van der Waals surface area contributed by atoms with Crippen LogP contribution in [0.4, 0.5) is 0 Å². The summed E-state index contributed by atoms with van der Waals surface area (Å²) in [6.07, 6.45) is 6.45. The normalized spacial score (nSPS) is 26.8. The van der Waals surface area contributed by atoms with E-state index in [1.807, 2.05) is 37.4 Å². The monoisotopic (exact) mass is 511 g/mol. The first kappa shape index (κ1) is 24.0. The Kier molecular flexibility index (Phi) is 6.73. The van der Waals surface area contributed by atoms with E-state index in [2.05, 4.69) is 54.0 Å². The first-order chi connectivity index (χ1) is 15.6. The number of nitrogens with zero attached hydrogens (tertiary/aromatic N) is 1. The number of hydrogen-bond donors (Lipinski definition) is 1. The number of carboxylic acids is 1. The van der Waals surface area contributed by atoms with E-state index >= 15 is 0 Å². The number of aliphatic carboxylic acids is 1. The molecule has 4 rings (SSSR count). The number of benzene rings is 2. The molecule has 0 amide bonds. The van der Waals surface area contributed by atoms with E-state index in [9.17, 15) is 9.90 Å². The van der Waals surface area contributed by atoms with Crippen molar-refractivity contribution in [3.63, 3.8) is 0 Å². The summed E-state index contributed by atoms with van der Waals surface area (Å²) in [4.78, 5) is 17.9. The molecular weight excluding hydrogens is 478 g/mol. The van der Waals surface area contributed by atoms with Gasteiger partial charge >= 0.3 is 5.97 Å². The molecule has 4 nitrogen and oxygen atoms in total. The number of carboxylic acid groups (broad SMARTS) is 1. The van der Waals surface area contributed by atoms with Crippen LogP contribution in [0.2, 0.25) is 0 Å². The Labute approximate surface area is 205 Å². The largest absolute Gasteiger partial charge is 0.481 e. The molecule has 1 N–H and O–H groups in total. The minimum absolute atomic E-state index is 0.130. The van der Waals surface area contributed by atoms with Gasteiger partial charge in [-0.25, -0.2) is 0 Å². The third-order valence-corrected chi connectivity index (χ3v) is 8.61. The van der Waals surface area contributed by atoms with Crippen molar-refractivity contribution in [3.8, 4) is 0 Å². The molecule has 0 radical (unpaired) electrons. The van der Waals surface area contributed by atoms with Crippen LogP contribution in [0, 0.1) is 11.3 Å². The second-order valence-corrected chi connectivity index (χ2v) is 11.4. The van der Waals surface area contributed by atoms with Gasteiger partial charge < -0.3 is 9.94 Å². The van der Waals surface area contributed by atoms with E-state index < -0.39 is 11.4 Å². The van der Waals surface area contributed by atoms with Crippen molar-refractivity contribution >= 4 is 28.1 Å². The highest BCUT2D eigenvalue weighted by Crippen LogP contribution is 2.57. The Morgan fingerprint density at radius 1 is 1.24 bits per heavy atom. The highest BCUT2D eigenvalue weighted by Gasteiger charge is 2.55. The number of aryl methyl sites for hydroxylation is 1. The van der Waals surface area contributed by atoms with Gasteiger partial charge in [0.25, 0.3) is 0 Å². The Morgan fingerprint density at radius 3 is 2.64 bits per heavy atom. The second-order valence-electron chi connectivity index (χ2n) is 10.5. The summed E-state index contributed by atoms with van der Waals surface area (Å²) in [7, 11) is 0. The predicted molar refractivity (Wildman–Crippen MR) is 136 cm³/mol. The average Bonchev–Trinajstić information content (AvgIpc) is 2.77. The molecule has 0 bridgehead atoms. The molecule has 0 heterocycles. The zero-order valence-corrected chi connectivity index (χ0v) is 21.6. The van der Waals surface area contributed by atoms with Gasteiger partial charge in [0.2, 0.25) is 0 Å². The van der Waals surface area contributed by atoms with E-state index in [1.54, 1.807) is 0 Å². The summed E-state index contributed by atoms with van der Waals surface area (Å²) in [6, 6.07) is 12.6. The smallest absolute Gasteiger partial charge is 0.309 e. The summed E-state index contributed by atoms with van der Waals surface area (Å²) in [5.41, 5.74) is 5.30. The minimum atomic E-state index is -0.663. The van der Waals surface area contributed by atoms with Crippen LogP contribution in [0.5, 0.6) is 0 Å². The molecule has 2 aromatic carbocycles. The SMILES string of the molecule is CC(C)c1cc2c(cc1/C=N/OCc1ccc(Br)cc1)[C@@]1(C)CCC[C@@](C)(C(=O)O)C1CC2. The Morgan fingerprint density at radius 2 is 1.97 bits per heavy atom. The minimum Gasteiger partial charge on any atom is -0.481 e. The Bertz CT molecular complexity index is 1060. The first-order valence-corrected chi connectivity index (χ1v) is 12.7. The molecule has 2 aliphatic carbocycles. The van der Waals surface area contributed by atoms with Gasteiger partial charge in [0.1, 0.15) is 6.61 Å². The van der Waals surface area contributed by atoms with Crippen molar-refractivity contribution in [1.29, 1.82) is 0 Å². The maximum atomic E-state index is 12.3. The molecule has 1 unspecified atom stereocenters. The molecule has 0 aliphatic heterocycles. The van der Waals surface area contributed by atoms with Crippen LogP contribution in [0.1, 0.15) is 87.1 Å². The molecule has 0 saturated heterocycles. The summed E-state index contributed by atoms with van der Waals surface area (Å²) in [5, 5.41) is 14.4. The molecule has 2 aliphatic rings. The van der Waals surface area contributed by atoms with Gasteiger partial charge in [0.05, 0.1) is 11.6 Å². The fourth-order valence-corrected chi connectivity index (χ4v) is 6.47. The molecule has 1 saturated carbocycles. The summed E-state index contributed by atoms with van der Waals surface area (Å²) < 4.78 is 1.04. The topological polar surface area (TPSA) is 58.9 Å². The number of hydrogen-bond acceptors (Lipinski definition) is 3. The van der Waals surface area contributed by atoms with Crippen LogP contribution in [0.3, 0.4) is 0 Å². The van der Waals surface area contributed by atoms with Crippen molar-refractivity contribution in [2.75, 3.05) is 0 Å². The first-order valence-electron chi connectivity index (χ1n) is 12.0. The summed E-state index contributed by atoms with van der Waals surface area (Å²) >= 11 is 3.45. The number of halogens is 1. The third-order valence-electron chi connectivity index (χ3n) is 8.08. The summed E-state index contributed by atoms with van der Waals surface area (Å²) in [6.45, 7) is 9.08. The van der Waals surface area contributed by atoms with Crippen molar-refractivity contribution < 1.29 is 14.7 Å². The molecule has 5 heteroatoms. The maximum Gasteiger partial charge on any atom is 0.309 e. The number of oxime groups is 1.